The monoisotopic (exact) mass is 694 g/mol. The van der Waals surface area contributed by atoms with Crippen LogP contribution in [0.3, 0.4) is 0 Å². The molecule has 0 amide bonds. The molecule has 0 radical (unpaired) electrons. The number of fused-ring (bicyclic) bond motifs is 3. The molecule has 4 aromatic rings. The molecule has 3 aliphatic rings. The molecular weight excluding hydrogens is 664 g/mol. The lowest BCUT2D eigenvalue weighted by Gasteiger charge is -2.34. The summed E-state index contributed by atoms with van der Waals surface area (Å²) in [4.78, 5) is 16.3. The number of rotatable bonds is 10. The van der Waals surface area contributed by atoms with E-state index in [0.717, 1.165) is 30.2 Å². The van der Waals surface area contributed by atoms with Crippen LogP contribution in [0.1, 0.15) is 73.0 Å². The van der Waals surface area contributed by atoms with Gasteiger partial charge in [0.25, 0.3) is 0 Å². The van der Waals surface area contributed by atoms with Crippen molar-refractivity contribution in [3.8, 4) is 17.0 Å². The van der Waals surface area contributed by atoms with E-state index in [2.05, 4.69) is 14.9 Å². The minimum absolute atomic E-state index is 0.0145. The topological polar surface area (TPSA) is 118 Å². The Balaban J connectivity index is 1.09. The first-order valence-electron chi connectivity index (χ1n) is 15.4. The van der Waals surface area contributed by atoms with Gasteiger partial charge in [-0.3, -0.25) is 0 Å². The molecule has 2 bridgehead atoms. The Morgan fingerprint density at radius 3 is 2.49 bits per heavy atom. The van der Waals surface area contributed by atoms with Crippen LogP contribution in [0.2, 0.25) is 0 Å². The molecule has 0 spiro atoms. The molecule has 7 rings (SSSR count). The Labute approximate surface area is 271 Å². The van der Waals surface area contributed by atoms with E-state index in [1.165, 1.54) is 24.3 Å². The molecule has 3 saturated carbocycles. The molecule has 2 atom stereocenters. The molecule has 47 heavy (non-hydrogen) atoms. The maximum atomic E-state index is 14.9. The maximum Gasteiger partial charge on any atom is 0.573 e. The number of hydrogen-bond donors (Lipinski definition) is 0. The van der Waals surface area contributed by atoms with Crippen LogP contribution in [-0.2, 0) is 25.9 Å². The molecule has 9 nitrogen and oxygen atoms in total. The second kappa shape index (κ2) is 12.2. The van der Waals surface area contributed by atoms with E-state index >= 15 is 0 Å². The average Bonchev–Trinajstić information content (AvgIpc) is 3.49. The SMILES string of the molecule is CCOC(=O)c1cc(F)c2nc(S(=O)(=O)C3C4CCC3CC(OCc3c(-c5ccccc5OC(F)(F)F)noc3C3CC3)C4)sc2c1. The number of para-hydroxylation sites is 1. The van der Waals surface area contributed by atoms with Gasteiger partial charge in [-0.2, -0.15) is 0 Å². The number of nitrogens with zero attached hydrogens (tertiary/aromatic N) is 2. The van der Waals surface area contributed by atoms with Gasteiger partial charge in [-0.15, -0.1) is 24.5 Å². The van der Waals surface area contributed by atoms with Crippen molar-refractivity contribution >= 4 is 37.4 Å². The van der Waals surface area contributed by atoms with Crippen molar-refractivity contribution in [2.75, 3.05) is 6.61 Å². The van der Waals surface area contributed by atoms with Gasteiger partial charge in [0.2, 0.25) is 14.2 Å². The molecule has 2 aromatic heterocycles. The molecular formula is C32H30F4N2O7S2. The van der Waals surface area contributed by atoms with E-state index < -0.39 is 39.0 Å². The molecule has 0 saturated heterocycles. The van der Waals surface area contributed by atoms with Crippen molar-refractivity contribution in [3.05, 3.63) is 59.1 Å². The second-order valence-electron chi connectivity index (χ2n) is 12.2. The van der Waals surface area contributed by atoms with Crippen LogP contribution in [-0.4, -0.2) is 48.9 Å². The minimum Gasteiger partial charge on any atom is -0.462 e. The van der Waals surface area contributed by atoms with Crippen molar-refractivity contribution in [3.63, 3.8) is 0 Å². The first-order valence-corrected chi connectivity index (χ1v) is 17.8. The number of ether oxygens (including phenoxy) is 3. The maximum absolute atomic E-state index is 14.9. The highest BCUT2D eigenvalue weighted by Crippen LogP contribution is 2.50. The zero-order valence-corrected chi connectivity index (χ0v) is 26.7. The van der Waals surface area contributed by atoms with Gasteiger partial charge >= 0.3 is 12.3 Å². The van der Waals surface area contributed by atoms with Gasteiger partial charge in [0.1, 0.15) is 22.7 Å². The average molecular weight is 695 g/mol. The van der Waals surface area contributed by atoms with Crippen LogP contribution in [0.25, 0.3) is 21.5 Å². The lowest BCUT2D eigenvalue weighted by atomic mass is 9.86. The lowest BCUT2D eigenvalue weighted by molar-refractivity contribution is -0.274. The summed E-state index contributed by atoms with van der Waals surface area (Å²) in [6, 6.07) is 8.14. The number of sulfone groups is 1. The van der Waals surface area contributed by atoms with Crippen LogP contribution in [0, 0.1) is 17.7 Å². The summed E-state index contributed by atoms with van der Waals surface area (Å²) in [5.41, 5.74) is 0.797. The van der Waals surface area contributed by atoms with Crippen LogP contribution >= 0.6 is 11.3 Å². The summed E-state index contributed by atoms with van der Waals surface area (Å²) in [5.74, 6) is -1.65. The van der Waals surface area contributed by atoms with E-state index in [-0.39, 0.29) is 68.4 Å². The van der Waals surface area contributed by atoms with Crippen LogP contribution in [0.5, 0.6) is 5.75 Å². The predicted octanol–water partition coefficient (Wildman–Crippen LogP) is 7.59. The fourth-order valence-electron chi connectivity index (χ4n) is 7.02. The van der Waals surface area contributed by atoms with Gasteiger partial charge < -0.3 is 18.7 Å². The smallest absolute Gasteiger partial charge is 0.462 e. The summed E-state index contributed by atoms with van der Waals surface area (Å²) >= 11 is 0.841. The Kier molecular flexibility index (Phi) is 8.28. The fraction of sp³-hybridized carbons (Fsp3) is 0.469. The van der Waals surface area contributed by atoms with Crippen LogP contribution in [0.4, 0.5) is 17.6 Å². The number of esters is 1. The van der Waals surface area contributed by atoms with Crippen LogP contribution in [0.15, 0.2) is 45.3 Å². The summed E-state index contributed by atoms with van der Waals surface area (Å²) < 4.78 is 103. The number of carbonyl (C=O) groups is 1. The Hall–Kier alpha value is -3.56. The third-order valence-corrected chi connectivity index (χ3v) is 12.9. The molecule has 0 aliphatic heterocycles. The molecule has 2 aromatic carbocycles. The fourth-order valence-corrected chi connectivity index (χ4v) is 10.8. The van der Waals surface area contributed by atoms with E-state index in [9.17, 15) is 30.8 Å². The first kappa shape index (κ1) is 32.0. The molecule has 0 N–H and O–H groups in total. The van der Waals surface area contributed by atoms with E-state index in [0.29, 0.717) is 37.0 Å². The number of carbonyl (C=O) groups excluding carboxylic acids is 1. The largest absolute Gasteiger partial charge is 0.573 e. The summed E-state index contributed by atoms with van der Waals surface area (Å²) in [7, 11) is -3.94. The van der Waals surface area contributed by atoms with Crippen molar-refractivity contribution in [1.82, 2.24) is 10.1 Å². The minimum atomic E-state index is -4.89. The van der Waals surface area contributed by atoms with Crippen molar-refractivity contribution in [2.45, 2.75) is 80.0 Å². The summed E-state index contributed by atoms with van der Waals surface area (Å²) in [6.45, 7) is 1.78. The van der Waals surface area contributed by atoms with Crippen molar-refractivity contribution < 1.29 is 49.5 Å². The zero-order valence-electron chi connectivity index (χ0n) is 25.1. The quantitative estimate of drug-likeness (QED) is 0.122. The van der Waals surface area contributed by atoms with Gasteiger partial charge in [-0.25, -0.2) is 22.6 Å². The summed E-state index contributed by atoms with van der Waals surface area (Å²) in [5, 5.41) is 3.42. The Bertz CT molecular complexity index is 1920. The number of thiazole rings is 1. The molecule has 2 heterocycles. The highest BCUT2D eigenvalue weighted by molar-refractivity contribution is 7.94. The molecule has 250 valence electrons. The standard InChI is InChI=1S/C32H30F4N2O7S2/c1-2-42-30(39)19-13-23(33)27-25(14-19)46-31(37-27)47(40,41)29-17-9-10-18(29)12-20(11-17)43-15-22-26(38-45-28(22)16-7-8-16)21-5-3-4-6-24(21)44-32(34,35)36/h3-6,13-14,16-18,20,29H,2,7-12,15H2,1H3. The Morgan fingerprint density at radius 2 is 1.81 bits per heavy atom. The molecule has 2 unspecified atom stereocenters. The number of alkyl halides is 3. The number of benzene rings is 2. The molecule has 15 heteroatoms. The van der Waals surface area contributed by atoms with Gasteiger partial charge in [-0.05, 0) is 81.5 Å². The van der Waals surface area contributed by atoms with Crippen molar-refractivity contribution in [2.24, 2.45) is 11.8 Å². The second-order valence-corrected chi connectivity index (χ2v) is 15.5. The van der Waals surface area contributed by atoms with Gasteiger partial charge in [0, 0.05) is 17.0 Å². The normalized spacial score (nSPS) is 22.9. The highest BCUT2D eigenvalue weighted by atomic mass is 32.2. The number of halogens is 4. The van der Waals surface area contributed by atoms with Gasteiger partial charge in [-0.1, -0.05) is 17.3 Å². The lowest BCUT2D eigenvalue weighted by Crippen LogP contribution is -2.39. The van der Waals surface area contributed by atoms with E-state index in [1.807, 2.05) is 0 Å². The molecule has 3 fully saturated rings. The number of hydrogen-bond acceptors (Lipinski definition) is 10. The highest BCUT2D eigenvalue weighted by Gasteiger charge is 2.51. The van der Waals surface area contributed by atoms with E-state index in [1.54, 1.807) is 13.0 Å². The van der Waals surface area contributed by atoms with Gasteiger partial charge in [0.15, 0.2) is 5.82 Å². The number of aromatic nitrogens is 2. The summed E-state index contributed by atoms with van der Waals surface area (Å²) in [6.07, 6.45) is -1.18. The van der Waals surface area contributed by atoms with Crippen molar-refractivity contribution in [1.29, 1.82) is 0 Å². The predicted molar refractivity (Wildman–Crippen MR) is 161 cm³/mol. The van der Waals surface area contributed by atoms with Crippen LogP contribution < -0.4 is 4.74 Å². The third kappa shape index (κ3) is 6.24. The van der Waals surface area contributed by atoms with Gasteiger partial charge in [0.05, 0.1) is 34.8 Å². The molecule has 3 aliphatic carbocycles. The third-order valence-electron chi connectivity index (χ3n) is 9.11. The Morgan fingerprint density at radius 1 is 1.09 bits per heavy atom. The zero-order chi connectivity index (χ0) is 33.1. The van der Waals surface area contributed by atoms with E-state index in [4.69, 9.17) is 14.0 Å². The first-order chi connectivity index (χ1) is 22.4.